The van der Waals surface area contributed by atoms with Gasteiger partial charge >= 0.3 is 0 Å². The van der Waals surface area contributed by atoms with Gasteiger partial charge in [0, 0.05) is 23.9 Å². The van der Waals surface area contributed by atoms with Crippen LogP contribution in [0.2, 0.25) is 0 Å². The van der Waals surface area contributed by atoms with Crippen molar-refractivity contribution in [1.29, 1.82) is 0 Å². The van der Waals surface area contributed by atoms with Gasteiger partial charge in [0.15, 0.2) is 5.78 Å². The summed E-state index contributed by atoms with van der Waals surface area (Å²) in [5.74, 6) is 0.0916. The predicted octanol–water partition coefficient (Wildman–Crippen LogP) is 2.73. The minimum Gasteiger partial charge on any atom is -0.380 e. The zero-order chi connectivity index (χ0) is 12.0. The number of carbonyl (C=O) groups is 1. The number of hydrogen-bond donors (Lipinski definition) is 1. The van der Waals surface area contributed by atoms with E-state index in [1.165, 1.54) is 0 Å². The third-order valence-corrected chi connectivity index (χ3v) is 2.28. The summed E-state index contributed by atoms with van der Waals surface area (Å²) in [6.07, 6.45) is 0. The summed E-state index contributed by atoms with van der Waals surface area (Å²) in [5.41, 5.74) is 1.75. The molecule has 0 bridgehead atoms. The van der Waals surface area contributed by atoms with E-state index < -0.39 is 0 Å². The van der Waals surface area contributed by atoms with Gasteiger partial charge in [0.05, 0.1) is 6.61 Å². The molecule has 88 valence electrons. The van der Waals surface area contributed by atoms with Gasteiger partial charge in [0.25, 0.3) is 0 Å². The zero-order valence-electron chi connectivity index (χ0n) is 10.1. The van der Waals surface area contributed by atoms with Gasteiger partial charge in [-0.1, -0.05) is 0 Å². The fraction of sp³-hybridized carbons (Fsp3) is 0.462. The molecule has 1 atom stereocenters. The van der Waals surface area contributed by atoms with E-state index in [0.29, 0.717) is 6.61 Å². The van der Waals surface area contributed by atoms with E-state index in [1.54, 1.807) is 6.92 Å². The van der Waals surface area contributed by atoms with Crippen molar-refractivity contribution < 1.29 is 9.53 Å². The summed E-state index contributed by atoms with van der Waals surface area (Å²) < 4.78 is 5.31. The molecule has 0 spiro atoms. The summed E-state index contributed by atoms with van der Waals surface area (Å²) in [6, 6.07) is 7.76. The second-order valence-corrected chi connectivity index (χ2v) is 3.84. The SMILES string of the molecule is CCOCC(C)Nc1ccc(C(C)=O)cc1. The van der Waals surface area contributed by atoms with Crippen LogP contribution in [-0.4, -0.2) is 25.0 Å². The van der Waals surface area contributed by atoms with Gasteiger partial charge in [-0.2, -0.15) is 0 Å². The van der Waals surface area contributed by atoms with Crippen LogP contribution in [0.1, 0.15) is 31.1 Å². The summed E-state index contributed by atoms with van der Waals surface area (Å²) in [4.78, 5) is 11.1. The lowest BCUT2D eigenvalue weighted by atomic mass is 10.1. The molecule has 0 aliphatic rings. The molecule has 0 aliphatic heterocycles. The maximum absolute atomic E-state index is 11.1. The second kappa shape index (κ2) is 6.28. The number of anilines is 1. The van der Waals surface area contributed by atoms with E-state index in [2.05, 4.69) is 12.2 Å². The number of hydrogen-bond acceptors (Lipinski definition) is 3. The highest BCUT2D eigenvalue weighted by atomic mass is 16.5. The average molecular weight is 221 g/mol. The lowest BCUT2D eigenvalue weighted by molar-refractivity contribution is 0.101. The van der Waals surface area contributed by atoms with Crippen LogP contribution in [0.4, 0.5) is 5.69 Å². The van der Waals surface area contributed by atoms with Crippen molar-refractivity contribution in [3.63, 3.8) is 0 Å². The zero-order valence-corrected chi connectivity index (χ0v) is 10.1. The van der Waals surface area contributed by atoms with Crippen LogP contribution in [0, 0.1) is 0 Å². The van der Waals surface area contributed by atoms with E-state index in [1.807, 2.05) is 31.2 Å². The summed E-state index contributed by atoms with van der Waals surface area (Å²) >= 11 is 0. The maximum Gasteiger partial charge on any atom is 0.159 e. The van der Waals surface area contributed by atoms with Crippen molar-refractivity contribution in [2.24, 2.45) is 0 Å². The van der Waals surface area contributed by atoms with Crippen molar-refractivity contribution in [3.05, 3.63) is 29.8 Å². The van der Waals surface area contributed by atoms with Gasteiger partial charge in [-0.15, -0.1) is 0 Å². The minimum absolute atomic E-state index is 0.0916. The highest BCUT2D eigenvalue weighted by molar-refractivity contribution is 5.94. The highest BCUT2D eigenvalue weighted by Gasteiger charge is 2.02. The molecule has 3 nitrogen and oxygen atoms in total. The fourth-order valence-electron chi connectivity index (χ4n) is 1.42. The fourth-order valence-corrected chi connectivity index (χ4v) is 1.42. The molecule has 0 saturated heterocycles. The molecular formula is C13H19NO2. The number of Topliss-reactive ketones (excluding diaryl/α,β-unsaturated/α-hetero) is 1. The molecule has 0 fully saturated rings. The standard InChI is InChI=1S/C13H19NO2/c1-4-16-9-10(2)14-13-7-5-12(6-8-13)11(3)15/h5-8,10,14H,4,9H2,1-3H3. The second-order valence-electron chi connectivity index (χ2n) is 3.84. The molecule has 0 heterocycles. The maximum atomic E-state index is 11.1. The Bertz CT molecular complexity index is 332. The van der Waals surface area contributed by atoms with Gasteiger partial charge in [-0.3, -0.25) is 4.79 Å². The Morgan fingerprint density at radius 2 is 2.00 bits per heavy atom. The first-order chi connectivity index (χ1) is 7.63. The van der Waals surface area contributed by atoms with E-state index >= 15 is 0 Å². The number of ketones is 1. The molecule has 0 aromatic heterocycles. The molecule has 0 saturated carbocycles. The van der Waals surface area contributed by atoms with Crippen LogP contribution in [0.15, 0.2) is 24.3 Å². The predicted molar refractivity (Wildman–Crippen MR) is 66.0 cm³/mol. The molecule has 0 aliphatic carbocycles. The quantitative estimate of drug-likeness (QED) is 0.751. The molecule has 3 heteroatoms. The van der Waals surface area contributed by atoms with E-state index in [9.17, 15) is 4.79 Å². The average Bonchev–Trinajstić information content (AvgIpc) is 2.27. The Morgan fingerprint density at radius 3 is 2.50 bits per heavy atom. The third-order valence-electron chi connectivity index (χ3n) is 2.28. The first-order valence-electron chi connectivity index (χ1n) is 5.58. The lowest BCUT2D eigenvalue weighted by Crippen LogP contribution is -2.21. The van der Waals surface area contributed by atoms with Gasteiger partial charge in [0.1, 0.15) is 0 Å². The highest BCUT2D eigenvalue weighted by Crippen LogP contribution is 2.11. The number of rotatable bonds is 6. The lowest BCUT2D eigenvalue weighted by Gasteiger charge is -2.15. The first kappa shape index (κ1) is 12.7. The number of carbonyl (C=O) groups excluding carboxylic acids is 1. The normalized spacial score (nSPS) is 12.2. The van der Waals surface area contributed by atoms with Gasteiger partial charge < -0.3 is 10.1 Å². The molecule has 16 heavy (non-hydrogen) atoms. The van der Waals surface area contributed by atoms with Gasteiger partial charge in [-0.05, 0) is 45.0 Å². The Hall–Kier alpha value is -1.35. The van der Waals surface area contributed by atoms with Gasteiger partial charge in [0.2, 0.25) is 0 Å². The Kier molecular flexibility index (Phi) is 4.99. The minimum atomic E-state index is 0.0916. The molecular weight excluding hydrogens is 202 g/mol. The smallest absolute Gasteiger partial charge is 0.159 e. The van der Waals surface area contributed by atoms with Crippen molar-refractivity contribution in [2.75, 3.05) is 18.5 Å². The van der Waals surface area contributed by atoms with Crippen molar-refractivity contribution >= 4 is 11.5 Å². The Morgan fingerprint density at radius 1 is 1.38 bits per heavy atom. The van der Waals surface area contributed by atoms with Crippen LogP contribution in [0.5, 0.6) is 0 Å². The monoisotopic (exact) mass is 221 g/mol. The number of nitrogens with one attached hydrogen (secondary N) is 1. The van der Waals surface area contributed by atoms with E-state index in [0.717, 1.165) is 17.9 Å². The number of benzene rings is 1. The third kappa shape index (κ3) is 4.03. The van der Waals surface area contributed by atoms with Crippen LogP contribution in [-0.2, 0) is 4.74 Å². The molecule has 1 aromatic rings. The molecule has 1 N–H and O–H groups in total. The van der Waals surface area contributed by atoms with Gasteiger partial charge in [-0.25, -0.2) is 0 Å². The topological polar surface area (TPSA) is 38.3 Å². The summed E-state index contributed by atoms with van der Waals surface area (Å²) in [5, 5.41) is 3.31. The van der Waals surface area contributed by atoms with E-state index in [4.69, 9.17) is 4.74 Å². The summed E-state index contributed by atoms with van der Waals surface area (Å²) in [7, 11) is 0. The van der Waals surface area contributed by atoms with Crippen molar-refractivity contribution in [1.82, 2.24) is 0 Å². The number of ether oxygens (including phenoxy) is 1. The molecule has 1 unspecified atom stereocenters. The van der Waals surface area contributed by atoms with Crippen LogP contribution >= 0.6 is 0 Å². The van der Waals surface area contributed by atoms with Crippen molar-refractivity contribution in [2.45, 2.75) is 26.8 Å². The van der Waals surface area contributed by atoms with Crippen LogP contribution in [0.25, 0.3) is 0 Å². The summed E-state index contributed by atoms with van der Waals surface area (Å²) in [6.45, 7) is 7.03. The van der Waals surface area contributed by atoms with E-state index in [-0.39, 0.29) is 11.8 Å². The molecule has 0 radical (unpaired) electrons. The largest absolute Gasteiger partial charge is 0.380 e. The van der Waals surface area contributed by atoms with Crippen molar-refractivity contribution in [3.8, 4) is 0 Å². The van der Waals surface area contributed by atoms with Crippen LogP contribution < -0.4 is 5.32 Å². The first-order valence-corrected chi connectivity index (χ1v) is 5.58. The molecule has 0 amide bonds. The molecule has 1 aromatic carbocycles. The Labute approximate surface area is 96.8 Å². The Balaban J connectivity index is 2.51. The van der Waals surface area contributed by atoms with Crippen LogP contribution in [0.3, 0.4) is 0 Å². The molecule has 1 rings (SSSR count).